The van der Waals surface area contributed by atoms with Gasteiger partial charge in [-0.3, -0.25) is 0 Å². The summed E-state index contributed by atoms with van der Waals surface area (Å²) in [5.74, 6) is 1.93. The first kappa shape index (κ1) is 17.4. The van der Waals surface area contributed by atoms with Crippen LogP contribution in [0.5, 0.6) is 11.5 Å². The lowest BCUT2D eigenvalue weighted by Crippen LogP contribution is -2.40. The molecule has 0 aliphatic carbocycles. The number of piperidine rings is 1. The zero-order valence-electron chi connectivity index (χ0n) is 14.2. The number of hydrogen-bond acceptors (Lipinski definition) is 4. The number of methoxy groups -OCH3 is 2. The van der Waals surface area contributed by atoms with Crippen LogP contribution in [0.1, 0.15) is 18.4 Å². The van der Waals surface area contributed by atoms with E-state index in [9.17, 15) is 4.79 Å². The number of likely N-dealkylation sites (tertiary alicyclic amines) is 1. The fraction of sp³-hybridized carbons (Fsp3) is 0.588. The van der Waals surface area contributed by atoms with E-state index in [1.807, 2.05) is 18.2 Å². The minimum atomic E-state index is -0.126. The summed E-state index contributed by atoms with van der Waals surface area (Å²) >= 11 is 0. The third-order valence-electron chi connectivity index (χ3n) is 4.29. The summed E-state index contributed by atoms with van der Waals surface area (Å²) in [6.45, 7) is 3.42. The predicted molar refractivity (Wildman–Crippen MR) is 90.0 cm³/mol. The normalized spacial score (nSPS) is 16.0. The van der Waals surface area contributed by atoms with Gasteiger partial charge in [0.05, 0.1) is 14.2 Å². The molecule has 0 spiro atoms. The van der Waals surface area contributed by atoms with Gasteiger partial charge in [-0.1, -0.05) is 6.07 Å². The second-order valence-corrected chi connectivity index (χ2v) is 6.00. The van der Waals surface area contributed by atoms with Crippen molar-refractivity contribution in [3.05, 3.63) is 23.8 Å². The summed E-state index contributed by atoms with van der Waals surface area (Å²) < 4.78 is 10.5. The highest BCUT2D eigenvalue weighted by atomic mass is 16.5. The molecule has 0 aromatic heterocycles. The number of rotatable bonds is 6. The monoisotopic (exact) mass is 321 g/mol. The topological polar surface area (TPSA) is 62.8 Å². The zero-order valence-corrected chi connectivity index (χ0v) is 14.2. The van der Waals surface area contributed by atoms with Gasteiger partial charge in [-0.25, -0.2) is 4.79 Å². The van der Waals surface area contributed by atoms with Crippen molar-refractivity contribution in [3.63, 3.8) is 0 Å². The quantitative estimate of drug-likeness (QED) is 0.839. The van der Waals surface area contributed by atoms with E-state index in [4.69, 9.17) is 9.47 Å². The Morgan fingerprint density at radius 1 is 1.17 bits per heavy atom. The molecule has 0 radical (unpaired) electrons. The van der Waals surface area contributed by atoms with Gasteiger partial charge in [-0.2, -0.15) is 0 Å². The number of carbonyl (C=O) groups excluding carboxylic acids is 1. The van der Waals surface area contributed by atoms with Crippen molar-refractivity contribution in [3.8, 4) is 11.5 Å². The molecule has 2 amide bonds. The molecule has 0 atom stereocenters. The zero-order chi connectivity index (χ0) is 16.7. The highest BCUT2D eigenvalue weighted by Gasteiger charge is 2.17. The van der Waals surface area contributed by atoms with Gasteiger partial charge in [0.15, 0.2) is 11.5 Å². The molecule has 23 heavy (non-hydrogen) atoms. The Labute approximate surface area is 138 Å². The lowest BCUT2D eigenvalue weighted by atomic mass is 9.97. The molecule has 6 heteroatoms. The van der Waals surface area contributed by atoms with Crippen LogP contribution < -0.4 is 20.1 Å². The minimum absolute atomic E-state index is 0.126. The fourth-order valence-corrected chi connectivity index (χ4v) is 2.74. The van der Waals surface area contributed by atoms with Crippen LogP contribution in [0.4, 0.5) is 4.79 Å². The molecule has 1 heterocycles. The highest BCUT2D eigenvalue weighted by Crippen LogP contribution is 2.27. The molecule has 6 nitrogen and oxygen atoms in total. The van der Waals surface area contributed by atoms with Crippen molar-refractivity contribution < 1.29 is 14.3 Å². The van der Waals surface area contributed by atoms with Gasteiger partial charge in [0.1, 0.15) is 0 Å². The Morgan fingerprint density at radius 3 is 2.52 bits per heavy atom. The molecule has 2 rings (SSSR count). The summed E-state index contributed by atoms with van der Waals surface area (Å²) in [6, 6.07) is 5.50. The Balaban J connectivity index is 1.74. The SMILES string of the molecule is COc1ccc(CNC(=O)NCC2CCN(C)CC2)cc1OC. The third-order valence-corrected chi connectivity index (χ3v) is 4.29. The second kappa shape index (κ2) is 8.62. The largest absolute Gasteiger partial charge is 0.493 e. The van der Waals surface area contributed by atoms with Crippen LogP contribution in [0.25, 0.3) is 0 Å². The molecular formula is C17H27N3O3. The maximum Gasteiger partial charge on any atom is 0.315 e. The Bertz CT molecular complexity index is 514. The van der Waals surface area contributed by atoms with Gasteiger partial charge < -0.3 is 25.0 Å². The number of urea groups is 1. The maximum absolute atomic E-state index is 11.9. The first-order chi connectivity index (χ1) is 11.1. The number of nitrogens with zero attached hydrogens (tertiary/aromatic N) is 1. The number of amides is 2. The average Bonchev–Trinajstić information content (AvgIpc) is 2.59. The average molecular weight is 321 g/mol. The summed E-state index contributed by atoms with van der Waals surface area (Å²) in [5.41, 5.74) is 0.970. The van der Waals surface area contributed by atoms with Gasteiger partial charge in [0, 0.05) is 13.1 Å². The van der Waals surface area contributed by atoms with Crippen molar-refractivity contribution in [2.75, 3.05) is 40.9 Å². The van der Waals surface area contributed by atoms with Crippen LogP contribution in [0.3, 0.4) is 0 Å². The number of ether oxygens (including phenoxy) is 2. The van der Waals surface area contributed by atoms with Crippen LogP contribution in [0.15, 0.2) is 18.2 Å². The molecule has 0 saturated carbocycles. The van der Waals surface area contributed by atoms with Crippen molar-refractivity contribution in [2.45, 2.75) is 19.4 Å². The van der Waals surface area contributed by atoms with E-state index in [2.05, 4.69) is 22.6 Å². The standard InChI is InChI=1S/C17H27N3O3/c1-20-8-6-13(7-9-20)11-18-17(21)19-12-14-4-5-15(22-2)16(10-14)23-3/h4-5,10,13H,6-9,11-12H2,1-3H3,(H2,18,19,21). The van der Waals surface area contributed by atoms with E-state index in [1.165, 1.54) is 0 Å². The van der Waals surface area contributed by atoms with Crippen molar-refractivity contribution in [2.24, 2.45) is 5.92 Å². The molecule has 1 aliphatic heterocycles. The Morgan fingerprint density at radius 2 is 1.87 bits per heavy atom. The first-order valence-electron chi connectivity index (χ1n) is 8.03. The van der Waals surface area contributed by atoms with Crippen LogP contribution in [0, 0.1) is 5.92 Å². The number of benzene rings is 1. The molecule has 0 unspecified atom stereocenters. The van der Waals surface area contributed by atoms with Crippen LogP contribution >= 0.6 is 0 Å². The van der Waals surface area contributed by atoms with E-state index >= 15 is 0 Å². The van der Waals surface area contributed by atoms with Crippen molar-refractivity contribution in [1.82, 2.24) is 15.5 Å². The van der Waals surface area contributed by atoms with Gasteiger partial charge in [-0.15, -0.1) is 0 Å². The molecule has 1 saturated heterocycles. The van der Waals surface area contributed by atoms with Gasteiger partial charge in [0.25, 0.3) is 0 Å². The van der Waals surface area contributed by atoms with Gasteiger partial charge in [-0.05, 0) is 56.6 Å². The fourth-order valence-electron chi connectivity index (χ4n) is 2.74. The Kier molecular flexibility index (Phi) is 6.52. The molecule has 1 aromatic carbocycles. The molecule has 128 valence electrons. The predicted octanol–water partition coefficient (Wildman–Crippen LogP) is 1.84. The van der Waals surface area contributed by atoms with E-state index in [1.54, 1.807) is 14.2 Å². The van der Waals surface area contributed by atoms with Gasteiger partial charge >= 0.3 is 6.03 Å². The summed E-state index contributed by atoms with van der Waals surface area (Å²) in [5, 5.41) is 5.84. The van der Waals surface area contributed by atoms with E-state index in [-0.39, 0.29) is 6.03 Å². The second-order valence-electron chi connectivity index (χ2n) is 6.00. The van der Waals surface area contributed by atoms with Crippen LogP contribution in [-0.2, 0) is 6.54 Å². The number of hydrogen-bond donors (Lipinski definition) is 2. The molecule has 1 fully saturated rings. The number of nitrogens with one attached hydrogen (secondary N) is 2. The molecular weight excluding hydrogens is 294 g/mol. The molecule has 2 N–H and O–H groups in total. The number of carbonyl (C=O) groups is 1. The van der Waals surface area contributed by atoms with Crippen molar-refractivity contribution in [1.29, 1.82) is 0 Å². The third kappa shape index (κ3) is 5.32. The summed E-state index contributed by atoms with van der Waals surface area (Å²) in [4.78, 5) is 14.2. The van der Waals surface area contributed by atoms with Gasteiger partial charge in [0.2, 0.25) is 0 Å². The summed E-state index contributed by atoms with van der Waals surface area (Å²) in [6.07, 6.45) is 2.29. The summed E-state index contributed by atoms with van der Waals surface area (Å²) in [7, 11) is 5.34. The first-order valence-corrected chi connectivity index (χ1v) is 8.03. The maximum atomic E-state index is 11.9. The van der Waals surface area contributed by atoms with Crippen LogP contribution in [0.2, 0.25) is 0 Å². The lowest BCUT2D eigenvalue weighted by Gasteiger charge is -2.28. The Hall–Kier alpha value is -1.95. The molecule has 1 aromatic rings. The van der Waals surface area contributed by atoms with Crippen molar-refractivity contribution >= 4 is 6.03 Å². The highest BCUT2D eigenvalue weighted by molar-refractivity contribution is 5.73. The van der Waals surface area contributed by atoms with Crippen LogP contribution in [-0.4, -0.2) is 51.8 Å². The van der Waals surface area contributed by atoms with E-state index < -0.39 is 0 Å². The van der Waals surface area contributed by atoms with E-state index in [0.717, 1.165) is 38.0 Å². The molecule has 0 bridgehead atoms. The molecule has 1 aliphatic rings. The lowest BCUT2D eigenvalue weighted by molar-refractivity contribution is 0.210. The van der Waals surface area contributed by atoms with E-state index in [0.29, 0.717) is 24.0 Å². The smallest absolute Gasteiger partial charge is 0.315 e. The minimum Gasteiger partial charge on any atom is -0.493 e.